The summed E-state index contributed by atoms with van der Waals surface area (Å²) in [7, 11) is 0. The van der Waals surface area contributed by atoms with Gasteiger partial charge in [-0.1, -0.05) is 6.92 Å². The van der Waals surface area contributed by atoms with Crippen LogP contribution in [-0.4, -0.2) is 23.8 Å². The van der Waals surface area contributed by atoms with E-state index in [0.717, 1.165) is 18.4 Å². The fourth-order valence-corrected chi connectivity index (χ4v) is 1.25. The summed E-state index contributed by atoms with van der Waals surface area (Å²) in [5, 5.41) is 12.6. The Morgan fingerprint density at radius 1 is 1.55 bits per heavy atom. The Morgan fingerprint density at radius 2 is 2.09 bits per heavy atom. The number of rotatable bonds is 4. The summed E-state index contributed by atoms with van der Waals surface area (Å²) >= 11 is 0. The maximum absolute atomic E-state index is 9.35. The topological polar surface area (TPSA) is 32.3 Å². The lowest BCUT2D eigenvalue weighted by Gasteiger charge is -2.17. The van der Waals surface area contributed by atoms with Gasteiger partial charge < -0.3 is 10.4 Å². The standard InChI is InChI=1S/C9H19NO/c1-7-4-8(7)5-10-6-9(2,3)11/h7-8,10-11H,4-6H2,1-3H3. The zero-order chi connectivity index (χ0) is 8.48. The molecule has 2 nitrogen and oxygen atoms in total. The molecule has 0 bridgehead atoms. The van der Waals surface area contributed by atoms with Crippen LogP contribution in [0.5, 0.6) is 0 Å². The third-order valence-electron chi connectivity index (χ3n) is 2.24. The molecule has 0 saturated heterocycles. The third-order valence-corrected chi connectivity index (χ3v) is 2.24. The Bertz CT molecular complexity index is 128. The first-order valence-electron chi connectivity index (χ1n) is 4.42. The van der Waals surface area contributed by atoms with Crippen molar-refractivity contribution in [3.8, 4) is 0 Å². The molecule has 0 amide bonds. The van der Waals surface area contributed by atoms with E-state index in [0.29, 0.717) is 6.54 Å². The van der Waals surface area contributed by atoms with Crippen LogP contribution in [0.4, 0.5) is 0 Å². The van der Waals surface area contributed by atoms with Gasteiger partial charge in [0.05, 0.1) is 5.60 Å². The van der Waals surface area contributed by atoms with Crippen LogP contribution in [0.15, 0.2) is 0 Å². The molecule has 1 rings (SSSR count). The van der Waals surface area contributed by atoms with Crippen molar-refractivity contribution in [3.05, 3.63) is 0 Å². The second-order valence-electron chi connectivity index (χ2n) is 4.42. The highest BCUT2D eigenvalue weighted by Crippen LogP contribution is 2.36. The predicted octanol–water partition coefficient (Wildman–Crippen LogP) is 1.00. The Balaban J connectivity index is 1.97. The summed E-state index contributed by atoms with van der Waals surface area (Å²) in [5.41, 5.74) is -0.557. The zero-order valence-electron chi connectivity index (χ0n) is 7.72. The molecule has 0 radical (unpaired) electrons. The highest BCUT2D eigenvalue weighted by atomic mass is 16.3. The maximum atomic E-state index is 9.35. The summed E-state index contributed by atoms with van der Waals surface area (Å²) in [6.07, 6.45) is 1.36. The van der Waals surface area contributed by atoms with E-state index in [1.54, 1.807) is 0 Å². The minimum absolute atomic E-state index is 0.557. The van der Waals surface area contributed by atoms with E-state index in [-0.39, 0.29) is 0 Å². The van der Waals surface area contributed by atoms with Crippen LogP contribution in [0.25, 0.3) is 0 Å². The molecule has 0 spiro atoms. The minimum Gasteiger partial charge on any atom is -0.389 e. The van der Waals surface area contributed by atoms with Gasteiger partial charge in [-0.25, -0.2) is 0 Å². The van der Waals surface area contributed by atoms with Crippen LogP contribution in [-0.2, 0) is 0 Å². The van der Waals surface area contributed by atoms with Gasteiger partial charge in [0.25, 0.3) is 0 Å². The molecule has 0 heterocycles. The van der Waals surface area contributed by atoms with E-state index >= 15 is 0 Å². The Kier molecular flexibility index (Phi) is 2.55. The maximum Gasteiger partial charge on any atom is 0.0715 e. The molecular weight excluding hydrogens is 138 g/mol. The highest BCUT2D eigenvalue weighted by molar-refractivity contribution is 4.84. The molecule has 0 aromatic carbocycles. The second-order valence-corrected chi connectivity index (χ2v) is 4.42. The molecule has 0 aromatic heterocycles. The summed E-state index contributed by atoms with van der Waals surface area (Å²) in [6, 6.07) is 0. The molecule has 0 aliphatic heterocycles. The molecule has 2 N–H and O–H groups in total. The van der Waals surface area contributed by atoms with Gasteiger partial charge in [-0.15, -0.1) is 0 Å². The molecule has 0 aromatic rings. The van der Waals surface area contributed by atoms with Gasteiger partial charge in [0.2, 0.25) is 0 Å². The minimum atomic E-state index is -0.557. The molecule has 2 unspecified atom stereocenters. The fourth-order valence-electron chi connectivity index (χ4n) is 1.25. The molecule has 1 aliphatic carbocycles. The van der Waals surface area contributed by atoms with Gasteiger partial charge >= 0.3 is 0 Å². The first-order valence-corrected chi connectivity index (χ1v) is 4.42. The normalized spacial score (nSPS) is 30.5. The zero-order valence-corrected chi connectivity index (χ0v) is 7.72. The van der Waals surface area contributed by atoms with Crippen molar-refractivity contribution in [2.24, 2.45) is 11.8 Å². The van der Waals surface area contributed by atoms with Gasteiger partial charge in [0.1, 0.15) is 0 Å². The van der Waals surface area contributed by atoms with Gasteiger partial charge in [0, 0.05) is 6.54 Å². The number of aliphatic hydroxyl groups is 1. The van der Waals surface area contributed by atoms with Crippen molar-refractivity contribution < 1.29 is 5.11 Å². The van der Waals surface area contributed by atoms with Crippen LogP contribution in [0.3, 0.4) is 0 Å². The lowest BCUT2D eigenvalue weighted by molar-refractivity contribution is 0.0796. The van der Waals surface area contributed by atoms with E-state index in [2.05, 4.69) is 12.2 Å². The third kappa shape index (κ3) is 3.73. The SMILES string of the molecule is CC1CC1CNCC(C)(C)O. The molecule has 11 heavy (non-hydrogen) atoms. The van der Waals surface area contributed by atoms with Crippen LogP contribution in [0.1, 0.15) is 27.2 Å². The molecule has 1 saturated carbocycles. The fraction of sp³-hybridized carbons (Fsp3) is 1.00. The van der Waals surface area contributed by atoms with E-state index < -0.39 is 5.60 Å². The van der Waals surface area contributed by atoms with E-state index in [9.17, 15) is 5.11 Å². The molecule has 1 fully saturated rings. The van der Waals surface area contributed by atoms with Crippen LogP contribution in [0, 0.1) is 11.8 Å². The Morgan fingerprint density at radius 3 is 2.45 bits per heavy atom. The van der Waals surface area contributed by atoms with Crippen molar-refractivity contribution in [2.75, 3.05) is 13.1 Å². The van der Waals surface area contributed by atoms with E-state index in [4.69, 9.17) is 0 Å². The summed E-state index contributed by atoms with van der Waals surface area (Å²) in [5.74, 6) is 1.78. The lowest BCUT2D eigenvalue weighted by atomic mass is 10.1. The van der Waals surface area contributed by atoms with Crippen molar-refractivity contribution in [3.63, 3.8) is 0 Å². The lowest BCUT2D eigenvalue weighted by Crippen LogP contribution is -2.35. The number of hydrogen-bond acceptors (Lipinski definition) is 2. The Labute approximate surface area is 69.0 Å². The largest absolute Gasteiger partial charge is 0.389 e. The molecular formula is C9H19NO. The average molecular weight is 157 g/mol. The smallest absolute Gasteiger partial charge is 0.0715 e. The second kappa shape index (κ2) is 3.11. The van der Waals surface area contributed by atoms with Crippen molar-refractivity contribution in [1.29, 1.82) is 0 Å². The first-order chi connectivity index (χ1) is 4.99. The summed E-state index contributed by atoms with van der Waals surface area (Å²) < 4.78 is 0. The van der Waals surface area contributed by atoms with Gasteiger partial charge in [-0.05, 0) is 38.6 Å². The van der Waals surface area contributed by atoms with Crippen LogP contribution >= 0.6 is 0 Å². The molecule has 2 atom stereocenters. The van der Waals surface area contributed by atoms with Gasteiger partial charge in [-0.2, -0.15) is 0 Å². The summed E-state index contributed by atoms with van der Waals surface area (Å²) in [4.78, 5) is 0. The van der Waals surface area contributed by atoms with E-state index in [1.165, 1.54) is 6.42 Å². The molecule has 66 valence electrons. The monoisotopic (exact) mass is 157 g/mol. The van der Waals surface area contributed by atoms with Crippen LogP contribution in [0.2, 0.25) is 0 Å². The number of nitrogens with one attached hydrogen (secondary N) is 1. The van der Waals surface area contributed by atoms with Gasteiger partial charge in [-0.3, -0.25) is 0 Å². The molecule has 2 heteroatoms. The average Bonchev–Trinajstić information content (AvgIpc) is 2.43. The van der Waals surface area contributed by atoms with Crippen molar-refractivity contribution in [1.82, 2.24) is 5.32 Å². The number of hydrogen-bond donors (Lipinski definition) is 2. The van der Waals surface area contributed by atoms with Crippen molar-refractivity contribution >= 4 is 0 Å². The predicted molar refractivity (Wildman–Crippen MR) is 46.4 cm³/mol. The quantitative estimate of drug-likeness (QED) is 0.638. The highest BCUT2D eigenvalue weighted by Gasteiger charge is 2.31. The van der Waals surface area contributed by atoms with E-state index in [1.807, 2.05) is 13.8 Å². The first kappa shape index (κ1) is 9.01. The van der Waals surface area contributed by atoms with Crippen molar-refractivity contribution in [2.45, 2.75) is 32.8 Å². The molecule has 1 aliphatic rings. The Hall–Kier alpha value is -0.0800. The summed E-state index contributed by atoms with van der Waals surface area (Å²) in [6.45, 7) is 7.71. The van der Waals surface area contributed by atoms with Crippen LogP contribution < -0.4 is 5.32 Å². The van der Waals surface area contributed by atoms with Gasteiger partial charge in [0.15, 0.2) is 0 Å².